The summed E-state index contributed by atoms with van der Waals surface area (Å²) in [6.07, 6.45) is -0.100. The Morgan fingerprint density at radius 3 is 2.65 bits per heavy atom. The van der Waals surface area contributed by atoms with Crippen molar-refractivity contribution in [3.8, 4) is 6.07 Å². The standard InChI is InChI=1S/C12H12ClN3O4/c13-9-5-8(2-1-7(9)6-14)15-12(20)16-10(3-4-17)11(18)19/h1-2,5,10,17H,3-4H2,(H,18,19)(H2,15,16,20). The van der Waals surface area contributed by atoms with Gasteiger partial charge in [0.2, 0.25) is 0 Å². The minimum Gasteiger partial charge on any atom is -0.480 e. The van der Waals surface area contributed by atoms with Gasteiger partial charge >= 0.3 is 12.0 Å². The van der Waals surface area contributed by atoms with E-state index in [0.29, 0.717) is 5.69 Å². The summed E-state index contributed by atoms with van der Waals surface area (Å²) in [6, 6.07) is 4.22. The molecule has 0 spiro atoms. The van der Waals surface area contributed by atoms with Crippen molar-refractivity contribution in [2.75, 3.05) is 11.9 Å². The Balaban J connectivity index is 2.69. The predicted molar refractivity (Wildman–Crippen MR) is 71.4 cm³/mol. The quantitative estimate of drug-likeness (QED) is 0.649. The summed E-state index contributed by atoms with van der Waals surface area (Å²) in [7, 11) is 0. The maximum Gasteiger partial charge on any atom is 0.326 e. The van der Waals surface area contributed by atoms with E-state index in [1.54, 1.807) is 0 Å². The number of rotatable bonds is 5. The van der Waals surface area contributed by atoms with Crippen LogP contribution in [0.2, 0.25) is 5.02 Å². The van der Waals surface area contributed by atoms with Gasteiger partial charge in [0, 0.05) is 18.7 Å². The average Bonchev–Trinajstić information content (AvgIpc) is 2.38. The number of benzene rings is 1. The van der Waals surface area contributed by atoms with E-state index in [9.17, 15) is 9.59 Å². The van der Waals surface area contributed by atoms with E-state index in [1.807, 2.05) is 6.07 Å². The molecule has 8 heteroatoms. The van der Waals surface area contributed by atoms with E-state index >= 15 is 0 Å². The molecule has 106 valence electrons. The van der Waals surface area contributed by atoms with Crippen molar-refractivity contribution >= 4 is 29.3 Å². The number of aliphatic carboxylic acids is 1. The molecule has 4 N–H and O–H groups in total. The monoisotopic (exact) mass is 297 g/mol. The first-order valence-corrected chi connectivity index (χ1v) is 5.96. The minimum atomic E-state index is -1.24. The number of aliphatic hydroxyl groups excluding tert-OH is 1. The van der Waals surface area contributed by atoms with Crippen LogP contribution in [0.4, 0.5) is 10.5 Å². The Bertz CT molecular complexity index is 556. The van der Waals surface area contributed by atoms with Crippen LogP contribution in [0.5, 0.6) is 0 Å². The summed E-state index contributed by atoms with van der Waals surface area (Å²) in [4.78, 5) is 22.4. The van der Waals surface area contributed by atoms with Gasteiger partial charge in [0.25, 0.3) is 0 Å². The molecule has 1 atom stereocenters. The molecule has 0 radical (unpaired) electrons. The molecule has 1 unspecified atom stereocenters. The zero-order valence-electron chi connectivity index (χ0n) is 10.3. The van der Waals surface area contributed by atoms with Crippen molar-refractivity contribution in [1.82, 2.24) is 5.32 Å². The molecule has 0 aliphatic carbocycles. The highest BCUT2D eigenvalue weighted by Gasteiger charge is 2.19. The Hall–Kier alpha value is -2.30. The summed E-state index contributed by atoms with van der Waals surface area (Å²) in [6.45, 7) is -0.361. The van der Waals surface area contributed by atoms with Gasteiger partial charge in [-0.25, -0.2) is 9.59 Å². The van der Waals surface area contributed by atoms with Gasteiger partial charge in [-0.3, -0.25) is 0 Å². The molecule has 0 fully saturated rings. The molecule has 0 aliphatic rings. The number of nitrogens with zero attached hydrogens (tertiary/aromatic N) is 1. The van der Waals surface area contributed by atoms with Crippen LogP contribution < -0.4 is 10.6 Å². The van der Waals surface area contributed by atoms with Crippen LogP contribution in [0, 0.1) is 11.3 Å². The number of carboxylic acids is 1. The van der Waals surface area contributed by atoms with E-state index in [4.69, 9.17) is 27.1 Å². The molecule has 0 aliphatic heterocycles. The predicted octanol–water partition coefficient (Wildman–Crippen LogP) is 1.17. The topological polar surface area (TPSA) is 122 Å². The molecule has 2 amide bonds. The largest absolute Gasteiger partial charge is 0.480 e. The molecular weight excluding hydrogens is 286 g/mol. The summed E-state index contributed by atoms with van der Waals surface area (Å²) >= 11 is 5.80. The number of amides is 2. The Labute approximate surface area is 119 Å². The first-order valence-electron chi connectivity index (χ1n) is 5.58. The highest BCUT2D eigenvalue weighted by Crippen LogP contribution is 2.20. The second kappa shape index (κ2) is 7.33. The fraction of sp³-hybridized carbons (Fsp3) is 0.250. The SMILES string of the molecule is N#Cc1ccc(NC(=O)NC(CCO)C(=O)O)cc1Cl. The van der Waals surface area contributed by atoms with Crippen LogP contribution in [0.3, 0.4) is 0 Å². The lowest BCUT2D eigenvalue weighted by Gasteiger charge is -2.14. The van der Waals surface area contributed by atoms with Crippen LogP contribution in [0.25, 0.3) is 0 Å². The van der Waals surface area contributed by atoms with Gasteiger partial charge in [0.15, 0.2) is 0 Å². The van der Waals surface area contributed by atoms with E-state index in [-0.39, 0.29) is 23.6 Å². The second-order valence-electron chi connectivity index (χ2n) is 3.81. The lowest BCUT2D eigenvalue weighted by molar-refractivity contribution is -0.139. The molecule has 7 nitrogen and oxygen atoms in total. The summed E-state index contributed by atoms with van der Waals surface area (Å²) in [5, 5.41) is 31.0. The first kappa shape index (κ1) is 15.8. The van der Waals surface area contributed by atoms with Crippen molar-refractivity contribution < 1.29 is 19.8 Å². The van der Waals surface area contributed by atoms with E-state index in [2.05, 4.69) is 10.6 Å². The number of nitrogens with one attached hydrogen (secondary N) is 2. The van der Waals surface area contributed by atoms with Gasteiger partial charge in [0.1, 0.15) is 12.1 Å². The Morgan fingerprint density at radius 1 is 1.45 bits per heavy atom. The van der Waals surface area contributed by atoms with E-state index < -0.39 is 18.0 Å². The van der Waals surface area contributed by atoms with Gasteiger partial charge in [0.05, 0.1) is 10.6 Å². The van der Waals surface area contributed by atoms with Gasteiger partial charge < -0.3 is 20.8 Å². The van der Waals surface area contributed by atoms with Crippen molar-refractivity contribution in [2.45, 2.75) is 12.5 Å². The number of nitriles is 1. The number of hydrogen-bond acceptors (Lipinski definition) is 4. The van der Waals surface area contributed by atoms with Crippen molar-refractivity contribution in [1.29, 1.82) is 5.26 Å². The molecule has 0 heterocycles. The fourth-order valence-corrected chi connectivity index (χ4v) is 1.62. The molecule has 20 heavy (non-hydrogen) atoms. The van der Waals surface area contributed by atoms with Crippen LogP contribution >= 0.6 is 11.6 Å². The summed E-state index contributed by atoms with van der Waals surface area (Å²) < 4.78 is 0. The van der Waals surface area contributed by atoms with Crippen LogP contribution in [0.15, 0.2) is 18.2 Å². The maximum atomic E-state index is 11.6. The highest BCUT2D eigenvalue weighted by molar-refractivity contribution is 6.32. The molecule has 1 aromatic carbocycles. The van der Waals surface area contributed by atoms with Crippen molar-refractivity contribution in [2.24, 2.45) is 0 Å². The summed E-state index contributed by atoms with van der Waals surface area (Å²) in [5.74, 6) is -1.24. The molecule has 1 aromatic rings. The second-order valence-corrected chi connectivity index (χ2v) is 4.22. The van der Waals surface area contributed by atoms with Gasteiger partial charge in [-0.15, -0.1) is 0 Å². The smallest absolute Gasteiger partial charge is 0.326 e. The van der Waals surface area contributed by atoms with Crippen molar-refractivity contribution in [3.63, 3.8) is 0 Å². The third kappa shape index (κ3) is 4.42. The fourth-order valence-electron chi connectivity index (χ4n) is 1.40. The molecule has 0 saturated carbocycles. The lowest BCUT2D eigenvalue weighted by atomic mass is 10.2. The third-order valence-electron chi connectivity index (χ3n) is 2.37. The Morgan fingerprint density at radius 2 is 2.15 bits per heavy atom. The van der Waals surface area contributed by atoms with Crippen molar-refractivity contribution in [3.05, 3.63) is 28.8 Å². The number of urea groups is 1. The minimum absolute atomic E-state index is 0.100. The Kier molecular flexibility index (Phi) is 5.77. The average molecular weight is 298 g/mol. The molecule has 0 saturated heterocycles. The van der Waals surface area contributed by atoms with Crippen LogP contribution in [-0.4, -0.2) is 34.9 Å². The number of carboxylic acid groups (broad SMARTS) is 1. The molecule has 0 bridgehead atoms. The van der Waals surface area contributed by atoms with E-state index in [1.165, 1.54) is 18.2 Å². The van der Waals surface area contributed by atoms with Crippen LogP contribution in [-0.2, 0) is 4.79 Å². The molecule has 0 aromatic heterocycles. The summed E-state index contributed by atoms with van der Waals surface area (Å²) in [5.41, 5.74) is 0.584. The highest BCUT2D eigenvalue weighted by atomic mass is 35.5. The number of aliphatic hydroxyl groups is 1. The van der Waals surface area contributed by atoms with Gasteiger partial charge in [-0.2, -0.15) is 5.26 Å². The zero-order chi connectivity index (χ0) is 15.1. The number of halogens is 1. The van der Waals surface area contributed by atoms with Gasteiger partial charge in [-0.1, -0.05) is 11.6 Å². The molecular formula is C12H12ClN3O4. The van der Waals surface area contributed by atoms with Crippen LogP contribution in [0.1, 0.15) is 12.0 Å². The maximum absolute atomic E-state index is 11.6. The van der Waals surface area contributed by atoms with E-state index in [0.717, 1.165) is 0 Å². The lowest BCUT2D eigenvalue weighted by Crippen LogP contribution is -2.43. The number of anilines is 1. The number of carbonyl (C=O) groups excluding carboxylic acids is 1. The first-order chi connectivity index (χ1) is 9.47. The number of carbonyl (C=O) groups is 2. The number of hydrogen-bond donors (Lipinski definition) is 4. The molecule has 1 rings (SSSR count). The third-order valence-corrected chi connectivity index (χ3v) is 2.68. The van der Waals surface area contributed by atoms with Gasteiger partial charge in [-0.05, 0) is 18.2 Å². The zero-order valence-corrected chi connectivity index (χ0v) is 11.0. The normalized spacial score (nSPS) is 11.2.